The van der Waals surface area contributed by atoms with Crippen LogP contribution in [0, 0.1) is 5.82 Å². The maximum absolute atomic E-state index is 14.3. The lowest BCUT2D eigenvalue weighted by Crippen LogP contribution is -2.44. The monoisotopic (exact) mass is 447 g/mol. The van der Waals surface area contributed by atoms with E-state index in [0.29, 0.717) is 16.8 Å². The lowest BCUT2D eigenvalue weighted by molar-refractivity contribution is -0.173. The summed E-state index contributed by atoms with van der Waals surface area (Å²) in [6.45, 7) is 3.83. The van der Waals surface area contributed by atoms with E-state index in [1.807, 2.05) is 42.7 Å². The Kier molecular flexibility index (Phi) is 6.76. The molecule has 2 unspecified atom stereocenters. The molecule has 0 aliphatic rings. The van der Waals surface area contributed by atoms with Crippen molar-refractivity contribution in [2.75, 3.05) is 0 Å². The fourth-order valence-electron chi connectivity index (χ4n) is 3.73. The van der Waals surface area contributed by atoms with Crippen LogP contribution in [0.25, 0.3) is 28.1 Å². The molecule has 0 fully saturated rings. The number of aromatic nitrogens is 1. The van der Waals surface area contributed by atoms with Gasteiger partial charge in [-0.05, 0) is 49.8 Å². The Morgan fingerprint density at radius 2 is 1.72 bits per heavy atom. The number of benzene rings is 2. The third-order valence-corrected chi connectivity index (χ3v) is 5.24. The highest BCUT2D eigenvalue weighted by atomic mass is 19.3. The van der Waals surface area contributed by atoms with E-state index in [2.05, 4.69) is 0 Å². The van der Waals surface area contributed by atoms with E-state index in [4.69, 9.17) is 5.11 Å². The van der Waals surface area contributed by atoms with Gasteiger partial charge in [-0.25, -0.2) is 13.2 Å². The number of nitrogens with zero attached hydrogens (tertiary/aromatic N) is 1. The molecule has 0 amide bonds. The number of carboxylic acid groups (broad SMARTS) is 1. The van der Waals surface area contributed by atoms with Crippen molar-refractivity contribution >= 4 is 22.9 Å². The van der Waals surface area contributed by atoms with E-state index >= 15 is 0 Å². The quantitative estimate of drug-likeness (QED) is 0.460. The lowest BCUT2D eigenvalue weighted by Gasteiger charge is -2.24. The maximum Gasteiger partial charge on any atom is 0.306 e. The minimum Gasteiger partial charge on any atom is -0.481 e. The first-order chi connectivity index (χ1) is 15.0. The molecule has 0 saturated carbocycles. The zero-order valence-corrected chi connectivity index (χ0v) is 17.5. The first-order valence-electron chi connectivity index (χ1n) is 10.1. The predicted octanol–water partition coefficient (Wildman–Crippen LogP) is 4.87. The van der Waals surface area contributed by atoms with Crippen LogP contribution in [0.15, 0.2) is 54.6 Å². The highest BCUT2D eigenvalue weighted by molar-refractivity contribution is 6.01. The minimum atomic E-state index is -4.07. The molecule has 0 aliphatic heterocycles. The summed E-state index contributed by atoms with van der Waals surface area (Å²) in [5.74, 6) is -6.09. The number of alkyl halides is 2. The number of aliphatic hydroxyl groups is 2. The van der Waals surface area contributed by atoms with Crippen LogP contribution in [-0.4, -0.2) is 44.0 Å². The van der Waals surface area contributed by atoms with Crippen molar-refractivity contribution in [3.63, 3.8) is 0 Å². The Morgan fingerprint density at radius 3 is 2.31 bits per heavy atom. The second-order valence-electron chi connectivity index (χ2n) is 7.84. The van der Waals surface area contributed by atoms with Gasteiger partial charge in [0.2, 0.25) is 0 Å². The molecule has 2 aromatic carbocycles. The van der Waals surface area contributed by atoms with E-state index in [1.54, 1.807) is 12.1 Å². The molecule has 8 heteroatoms. The minimum absolute atomic E-state index is 0.0796. The average molecular weight is 447 g/mol. The molecule has 0 radical (unpaired) electrons. The molecular weight excluding hydrogens is 423 g/mol. The third-order valence-electron chi connectivity index (χ3n) is 5.24. The number of para-hydroxylation sites is 1. The molecule has 3 rings (SSSR count). The van der Waals surface area contributed by atoms with Gasteiger partial charge in [-0.2, -0.15) is 0 Å². The van der Waals surface area contributed by atoms with Crippen molar-refractivity contribution in [2.45, 2.75) is 44.4 Å². The van der Waals surface area contributed by atoms with E-state index in [0.717, 1.165) is 17.0 Å². The smallest absolute Gasteiger partial charge is 0.306 e. The number of carboxylic acids is 1. The largest absolute Gasteiger partial charge is 0.481 e. The number of hydrogen-bond acceptors (Lipinski definition) is 3. The molecule has 2 atom stereocenters. The van der Waals surface area contributed by atoms with Gasteiger partial charge in [0.15, 0.2) is 0 Å². The van der Waals surface area contributed by atoms with Crippen LogP contribution in [0.1, 0.15) is 32.0 Å². The van der Waals surface area contributed by atoms with Gasteiger partial charge >= 0.3 is 11.9 Å². The summed E-state index contributed by atoms with van der Waals surface area (Å²) >= 11 is 0. The fraction of sp³-hybridized carbons (Fsp3) is 0.292. The fourth-order valence-corrected chi connectivity index (χ4v) is 3.73. The first kappa shape index (κ1) is 23.6. The van der Waals surface area contributed by atoms with Crippen LogP contribution >= 0.6 is 0 Å². The number of hydrogen-bond donors (Lipinski definition) is 3. The van der Waals surface area contributed by atoms with Gasteiger partial charge in [0, 0.05) is 28.2 Å². The highest BCUT2D eigenvalue weighted by Gasteiger charge is 2.45. The van der Waals surface area contributed by atoms with Crippen LogP contribution in [0.5, 0.6) is 0 Å². The maximum atomic E-state index is 14.3. The summed E-state index contributed by atoms with van der Waals surface area (Å²) in [6.07, 6.45) is -4.01. The lowest BCUT2D eigenvalue weighted by atomic mass is 10.00. The molecule has 0 bridgehead atoms. The molecule has 0 spiro atoms. The number of rotatable bonds is 8. The van der Waals surface area contributed by atoms with Crippen LogP contribution < -0.4 is 0 Å². The second-order valence-corrected chi connectivity index (χ2v) is 7.84. The van der Waals surface area contributed by atoms with E-state index < -0.39 is 36.3 Å². The number of halogens is 3. The highest BCUT2D eigenvalue weighted by Crippen LogP contribution is 2.38. The number of aliphatic carboxylic acids is 1. The molecule has 32 heavy (non-hydrogen) atoms. The summed E-state index contributed by atoms with van der Waals surface area (Å²) in [7, 11) is 0. The van der Waals surface area contributed by atoms with E-state index in [-0.39, 0.29) is 6.04 Å². The molecule has 170 valence electrons. The summed E-state index contributed by atoms with van der Waals surface area (Å²) in [5, 5.41) is 29.1. The van der Waals surface area contributed by atoms with Crippen molar-refractivity contribution in [1.29, 1.82) is 0 Å². The standard InChI is InChI=1S/C24H24F3NO4/c1-14(2)28-18-6-4-3-5-17(18)23(15-7-9-16(25)10-8-15)19(28)11-12-20(29)24(26,27)21(30)13-22(31)32/h3-12,14,20-21,29-30H,13H2,1-2H3,(H,31,32)/b12-11+. The van der Waals surface area contributed by atoms with Crippen LogP contribution in [-0.2, 0) is 4.79 Å². The Labute approximate surface area is 183 Å². The van der Waals surface area contributed by atoms with Gasteiger partial charge in [-0.15, -0.1) is 0 Å². The number of carbonyl (C=O) groups is 1. The molecular formula is C24H24F3NO4. The van der Waals surface area contributed by atoms with Crippen LogP contribution in [0.4, 0.5) is 13.2 Å². The van der Waals surface area contributed by atoms with Crippen LogP contribution in [0.2, 0.25) is 0 Å². The molecule has 1 heterocycles. The summed E-state index contributed by atoms with van der Waals surface area (Å²) in [6, 6.07) is 13.1. The molecule has 3 aromatic rings. The second kappa shape index (κ2) is 9.18. The Bertz CT molecular complexity index is 1140. The van der Waals surface area contributed by atoms with Crippen molar-refractivity contribution in [3.8, 4) is 11.1 Å². The van der Waals surface area contributed by atoms with Gasteiger partial charge in [0.05, 0.1) is 6.42 Å². The van der Waals surface area contributed by atoms with Crippen molar-refractivity contribution in [3.05, 3.63) is 66.1 Å². The Balaban J connectivity index is 2.14. The van der Waals surface area contributed by atoms with Crippen molar-refractivity contribution < 1.29 is 33.3 Å². The molecule has 0 aliphatic carbocycles. The van der Waals surface area contributed by atoms with Gasteiger partial charge in [0.25, 0.3) is 0 Å². The number of aliphatic hydroxyl groups excluding tert-OH is 2. The molecule has 0 saturated heterocycles. The topological polar surface area (TPSA) is 82.7 Å². The predicted molar refractivity (Wildman–Crippen MR) is 116 cm³/mol. The Morgan fingerprint density at radius 1 is 1.09 bits per heavy atom. The summed E-state index contributed by atoms with van der Waals surface area (Å²) in [4.78, 5) is 10.7. The van der Waals surface area contributed by atoms with Gasteiger partial charge in [0.1, 0.15) is 18.0 Å². The van der Waals surface area contributed by atoms with Gasteiger partial charge in [-0.1, -0.05) is 30.3 Å². The van der Waals surface area contributed by atoms with Crippen molar-refractivity contribution in [1.82, 2.24) is 4.57 Å². The van der Waals surface area contributed by atoms with Crippen LogP contribution in [0.3, 0.4) is 0 Å². The zero-order chi connectivity index (χ0) is 23.6. The number of fused-ring (bicyclic) bond motifs is 1. The van der Waals surface area contributed by atoms with E-state index in [1.165, 1.54) is 18.2 Å². The summed E-state index contributed by atoms with van der Waals surface area (Å²) < 4.78 is 44.1. The Hall–Kier alpha value is -3.10. The summed E-state index contributed by atoms with van der Waals surface area (Å²) in [5.41, 5.74) is 2.67. The van der Waals surface area contributed by atoms with Gasteiger partial charge < -0.3 is 19.9 Å². The van der Waals surface area contributed by atoms with E-state index in [9.17, 15) is 28.2 Å². The molecule has 5 nitrogen and oxygen atoms in total. The zero-order valence-electron chi connectivity index (χ0n) is 17.5. The average Bonchev–Trinajstić information content (AvgIpc) is 3.06. The SMILES string of the molecule is CC(C)n1c(/C=C/C(O)C(F)(F)C(O)CC(=O)O)c(-c2ccc(F)cc2)c2ccccc21. The first-order valence-corrected chi connectivity index (χ1v) is 10.1. The van der Waals surface area contributed by atoms with Crippen molar-refractivity contribution in [2.24, 2.45) is 0 Å². The normalized spacial score (nSPS) is 14.4. The molecule has 1 aromatic heterocycles. The molecule has 3 N–H and O–H groups in total. The third kappa shape index (κ3) is 4.56. The van der Waals surface area contributed by atoms with Gasteiger partial charge in [-0.3, -0.25) is 4.79 Å².